The van der Waals surface area contributed by atoms with Crippen LogP contribution in [0.15, 0.2) is 0 Å². The Bertz CT molecular complexity index is 312. The molecule has 1 aromatic heterocycles. The molecule has 0 spiro atoms. The van der Waals surface area contributed by atoms with Crippen molar-refractivity contribution in [2.75, 3.05) is 26.2 Å². The molecule has 0 aromatic carbocycles. The van der Waals surface area contributed by atoms with Crippen LogP contribution in [0.2, 0.25) is 0 Å². The van der Waals surface area contributed by atoms with E-state index in [1.807, 2.05) is 18.7 Å². The van der Waals surface area contributed by atoms with Crippen LogP contribution in [0, 0.1) is 6.92 Å². The van der Waals surface area contributed by atoms with Crippen molar-refractivity contribution >= 4 is 0 Å². The van der Waals surface area contributed by atoms with E-state index in [2.05, 4.69) is 20.3 Å². The minimum Gasteiger partial charge on any atom is -0.315 e. The smallest absolute Gasteiger partial charge is 0.147 e. The first-order valence-electron chi connectivity index (χ1n) is 5.55. The first-order chi connectivity index (χ1) is 7.25. The molecule has 2 rings (SSSR count). The van der Waals surface area contributed by atoms with Crippen LogP contribution >= 0.6 is 0 Å². The molecule has 5 nitrogen and oxygen atoms in total. The molecule has 1 fully saturated rings. The van der Waals surface area contributed by atoms with Gasteiger partial charge in [-0.2, -0.15) is 5.10 Å². The van der Waals surface area contributed by atoms with Crippen LogP contribution < -0.4 is 5.32 Å². The first kappa shape index (κ1) is 10.6. The second-order valence-electron chi connectivity index (χ2n) is 4.08. The molecule has 0 unspecified atom stereocenters. The summed E-state index contributed by atoms with van der Waals surface area (Å²) in [6.07, 6.45) is 1.22. The molecule has 15 heavy (non-hydrogen) atoms. The molecule has 2 heterocycles. The van der Waals surface area contributed by atoms with Crippen LogP contribution in [0.25, 0.3) is 0 Å². The highest BCUT2D eigenvalue weighted by Crippen LogP contribution is 2.03. The molecule has 0 bridgehead atoms. The van der Waals surface area contributed by atoms with Crippen LogP contribution in [-0.4, -0.2) is 45.8 Å². The zero-order chi connectivity index (χ0) is 10.7. The van der Waals surface area contributed by atoms with Crippen molar-refractivity contribution in [2.45, 2.75) is 19.9 Å². The molecule has 1 N–H and O–H groups in total. The Labute approximate surface area is 90.5 Å². The fraction of sp³-hybridized carbons (Fsp3) is 0.800. The average Bonchev–Trinajstić information content (AvgIpc) is 2.44. The van der Waals surface area contributed by atoms with Gasteiger partial charge in [-0.15, -0.1) is 0 Å². The minimum absolute atomic E-state index is 0.862. The zero-order valence-corrected chi connectivity index (χ0v) is 9.53. The lowest BCUT2D eigenvalue weighted by Gasteiger charge is -2.18. The lowest BCUT2D eigenvalue weighted by atomic mass is 10.4. The van der Waals surface area contributed by atoms with Crippen molar-refractivity contribution in [2.24, 2.45) is 7.05 Å². The quantitative estimate of drug-likeness (QED) is 0.740. The third kappa shape index (κ3) is 2.76. The Morgan fingerprint density at radius 1 is 1.33 bits per heavy atom. The summed E-state index contributed by atoms with van der Waals surface area (Å²) in [4.78, 5) is 6.86. The van der Waals surface area contributed by atoms with Gasteiger partial charge in [-0.05, 0) is 26.4 Å². The highest BCUT2D eigenvalue weighted by Gasteiger charge is 2.12. The van der Waals surface area contributed by atoms with Gasteiger partial charge >= 0.3 is 0 Å². The monoisotopic (exact) mass is 209 g/mol. The lowest BCUT2D eigenvalue weighted by molar-refractivity contribution is 0.273. The number of nitrogens with one attached hydrogen (secondary N) is 1. The third-order valence-corrected chi connectivity index (χ3v) is 2.76. The normalized spacial score (nSPS) is 19.1. The van der Waals surface area contributed by atoms with Gasteiger partial charge in [0.05, 0.1) is 6.54 Å². The summed E-state index contributed by atoms with van der Waals surface area (Å²) in [6.45, 7) is 7.32. The summed E-state index contributed by atoms with van der Waals surface area (Å²) in [5.41, 5.74) is 0. The van der Waals surface area contributed by atoms with Crippen molar-refractivity contribution < 1.29 is 0 Å². The van der Waals surface area contributed by atoms with E-state index in [1.54, 1.807) is 0 Å². The average molecular weight is 209 g/mol. The maximum Gasteiger partial charge on any atom is 0.147 e. The molecule has 0 saturated carbocycles. The van der Waals surface area contributed by atoms with Gasteiger partial charge in [-0.3, -0.25) is 9.58 Å². The molecular weight excluding hydrogens is 190 g/mol. The number of aromatic nitrogens is 3. The van der Waals surface area contributed by atoms with E-state index in [0.29, 0.717) is 0 Å². The standard InChI is InChI=1S/C10H19N5/c1-9-12-10(14(2)13-9)8-15-6-3-4-11-5-7-15/h11H,3-8H2,1-2H3. The predicted molar refractivity (Wildman–Crippen MR) is 58.5 cm³/mol. The van der Waals surface area contributed by atoms with Gasteiger partial charge in [0.1, 0.15) is 11.6 Å². The minimum atomic E-state index is 0.862. The molecule has 0 radical (unpaired) electrons. The number of rotatable bonds is 2. The molecule has 1 aromatic rings. The van der Waals surface area contributed by atoms with E-state index in [9.17, 15) is 0 Å². The van der Waals surface area contributed by atoms with Crippen LogP contribution in [-0.2, 0) is 13.6 Å². The molecule has 1 aliphatic rings. The number of hydrogen-bond acceptors (Lipinski definition) is 4. The number of nitrogens with zero attached hydrogens (tertiary/aromatic N) is 4. The Balaban J connectivity index is 1.97. The Hall–Kier alpha value is -0.940. The van der Waals surface area contributed by atoms with E-state index in [1.165, 1.54) is 6.42 Å². The fourth-order valence-corrected chi connectivity index (χ4v) is 1.95. The van der Waals surface area contributed by atoms with Gasteiger partial charge in [0.2, 0.25) is 0 Å². The van der Waals surface area contributed by atoms with E-state index < -0.39 is 0 Å². The topological polar surface area (TPSA) is 46.0 Å². The Morgan fingerprint density at radius 3 is 2.93 bits per heavy atom. The molecular formula is C10H19N5. The van der Waals surface area contributed by atoms with E-state index in [0.717, 1.165) is 44.4 Å². The summed E-state index contributed by atoms with van der Waals surface area (Å²) >= 11 is 0. The van der Waals surface area contributed by atoms with Gasteiger partial charge in [0, 0.05) is 20.1 Å². The van der Waals surface area contributed by atoms with Gasteiger partial charge in [-0.1, -0.05) is 0 Å². The van der Waals surface area contributed by atoms with Crippen molar-refractivity contribution in [3.05, 3.63) is 11.6 Å². The highest BCUT2D eigenvalue weighted by molar-refractivity contribution is 4.90. The van der Waals surface area contributed by atoms with Crippen molar-refractivity contribution in [1.29, 1.82) is 0 Å². The molecule has 5 heteroatoms. The number of hydrogen-bond donors (Lipinski definition) is 1. The van der Waals surface area contributed by atoms with Gasteiger partial charge in [0.25, 0.3) is 0 Å². The summed E-state index contributed by atoms with van der Waals surface area (Å²) < 4.78 is 1.88. The van der Waals surface area contributed by atoms with Crippen LogP contribution in [0.5, 0.6) is 0 Å². The number of aryl methyl sites for hydroxylation is 2. The predicted octanol–water partition coefficient (Wildman–Crippen LogP) is -0.0812. The zero-order valence-electron chi connectivity index (χ0n) is 9.53. The summed E-state index contributed by atoms with van der Waals surface area (Å²) in [5.74, 6) is 1.93. The SMILES string of the molecule is Cc1nc(CN2CCCNCC2)n(C)n1. The summed E-state index contributed by atoms with van der Waals surface area (Å²) in [6, 6.07) is 0. The molecule has 1 saturated heterocycles. The van der Waals surface area contributed by atoms with E-state index in [4.69, 9.17) is 0 Å². The summed E-state index contributed by atoms with van der Waals surface area (Å²) in [5, 5.41) is 7.66. The Morgan fingerprint density at radius 2 is 2.20 bits per heavy atom. The molecule has 0 atom stereocenters. The van der Waals surface area contributed by atoms with Gasteiger partial charge < -0.3 is 5.32 Å². The molecule has 84 valence electrons. The third-order valence-electron chi connectivity index (χ3n) is 2.76. The second kappa shape index (κ2) is 4.72. The molecule has 0 amide bonds. The molecule has 0 aliphatic carbocycles. The van der Waals surface area contributed by atoms with Gasteiger partial charge in [0.15, 0.2) is 0 Å². The van der Waals surface area contributed by atoms with E-state index in [-0.39, 0.29) is 0 Å². The highest BCUT2D eigenvalue weighted by atomic mass is 15.3. The first-order valence-corrected chi connectivity index (χ1v) is 5.55. The summed E-state index contributed by atoms with van der Waals surface area (Å²) in [7, 11) is 1.96. The van der Waals surface area contributed by atoms with E-state index >= 15 is 0 Å². The molecule has 1 aliphatic heterocycles. The van der Waals surface area contributed by atoms with Crippen molar-refractivity contribution in [1.82, 2.24) is 25.0 Å². The van der Waals surface area contributed by atoms with Gasteiger partial charge in [-0.25, -0.2) is 4.98 Å². The van der Waals surface area contributed by atoms with Crippen LogP contribution in [0.1, 0.15) is 18.1 Å². The second-order valence-corrected chi connectivity index (χ2v) is 4.08. The van der Waals surface area contributed by atoms with Crippen LogP contribution in [0.4, 0.5) is 0 Å². The van der Waals surface area contributed by atoms with Crippen LogP contribution in [0.3, 0.4) is 0 Å². The van der Waals surface area contributed by atoms with Crippen molar-refractivity contribution in [3.8, 4) is 0 Å². The maximum atomic E-state index is 4.42. The maximum absolute atomic E-state index is 4.42. The Kier molecular flexibility index (Phi) is 3.33. The van der Waals surface area contributed by atoms with Crippen molar-refractivity contribution in [3.63, 3.8) is 0 Å². The largest absolute Gasteiger partial charge is 0.315 e. The lowest BCUT2D eigenvalue weighted by Crippen LogP contribution is -2.28. The fourth-order valence-electron chi connectivity index (χ4n) is 1.95.